The highest BCUT2D eigenvalue weighted by Crippen LogP contribution is 2.48. The summed E-state index contributed by atoms with van der Waals surface area (Å²) in [6.07, 6.45) is 4.68. The van der Waals surface area contributed by atoms with Crippen LogP contribution in [0.1, 0.15) is 22.3 Å². The van der Waals surface area contributed by atoms with Crippen molar-refractivity contribution in [2.75, 3.05) is 26.6 Å². The summed E-state index contributed by atoms with van der Waals surface area (Å²) >= 11 is 0. The lowest BCUT2D eigenvalue weighted by molar-refractivity contribution is 0.0253. The quantitative estimate of drug-likeness (QED) is 0.0597. The van der Waals surface area contributed by atoms with Crippen LogP contribution < -0.4 is 51.0 Å². The minimum Gasteiger partial charge on any atom is -0.478 e. The van der Waals surface area contributed by atoms with Crippen LogP contribution in [0.2, 0.25) is 25.2 Å². The second-order valence-electron chi connectivity index (χ2n) is 27.1. The number of hydrogen-bond donors (Lipinski definition) is 0. The number of aryl methyl sites for hydroxylation is 2. The van der Waals surface area contributed by atoms with Gasteiger partial charge in [0.15, 0.2) is 0 Å². The first-order chi connectivity index (χ1) is 50.7. The van der Waals surface area contributed by atoms with Crippen molar-refractivity contribution in [1.29, 1.82) is 0 Å². The predicted molar refractivity (Wildman–Crippen MR) is 415 cm³/mol. The minimum atomic E-state index is -5.32. The molecule has 0 atom stereocenters. The second-order valence-corrected chi connectivity index (χ2v) is 57.6. The second kappa shape index (κ2) is 28.2. The summed E-state index contributed by atoms with van der Waals surface area (Å²) < 4.78 is 135. The Kier molecular flexibility index (Phi) is 18.9. The van der Waals surface area contributed by atoms with Gasteiger partial charge in [-0.15, -0.1) is 13.2 Å². The summed E-state index contributed by atoms with van der Waals surface area (Å²) in [7, 11) is -50.5. The van der Waals surface area contributed by atoms with Gasteiger partial charge in [0.05, 0.1) is 0 Å². The molecular weight excluding hydrogens is 1480 g/mol. The molecule has 104 heavy (non-hydrogen) atoms. The highest BCUT2D eigenvalue weighted by molar-refractivity contribution is 7.12. The van der Waals surface area contributed by atoms with Crippen LogP contribution in [0.4, 0.5) is 0 Å². The van der Waals surface area contributed by atoms with Crippen molar-refractivity contribution in [2.45, 2.75) is 51.1 Å². The van der Waals surface area contributed by atoms with Crippen LogP contribution in [0.5, 0.6) is 11.5 Å². The monoisotopic (exact) mass is 1550 g/mol. The first kappa shape index (κ1) is 69.8. The van der Waals surface area contributed by atoms with Crippen molar-refractivity contribution in [2.24, 2.45) is 0 Å². The molecule has 0 saturated carbocycles. The Morgan fingerprint density at radius 2 is 0.500 bits per heavy atom. The molecule has 0 spiro atoms. The molecule has 8 heterocycles. The molecule has 0 radical (unpaired) electrons. The van der Waals surface area contributed by atoms with E-state index in [2.05, 4.69) is 72.4 Å². The Hall–Kier alpha value is -7.19. The van der Waals surface area contributed by atoms with Crippen LogP contribution in [-0.4, -0.2) is 124 Å². The van der Waals surface area contributed by atoms with Gasteiger partial charge in [-0.3, -0.25) is 9.80 Å². The van der Waals surface area contributed by atoms with E-state index in [0.29, 0.717) is 94.0 Å². The highest BCUT2D eigenvalue weighted by Gasteiger charge is 2.83. The predicted octanol–water partition coefficient (Wildman–Crippen LogP) is 8.36. The largest absolute Gasteiger partial charge is 0.515 e. The highest BCUT2D eigenvalue weighted by atomic mass is 28.6. The van der Waals surface area contributed by atoms with Gasteiger partial charge in [0, 0.05) is 78.8 Å². The third-order valence-corrected chi connectivity index (χ3v) is 62.8. The van der Waals surface area contributed by atoms with Gasteiger partial charge in [0.1, 0.15) is 25.0 Å². The zero-order chi connectivity index (χ0) is 70.6. The molecular formula is C76H78N2O16Si10. The molecule has 0 amide bonds. The van der Waals surface area contributed by atoms with E-state index in [1.165, 1.54) is 0 Å². The molecule has 0 unspecified atom stereocenters. The molecule has 6 fully saturated rings. The molecule has 0 aliphatic carbocycles. The number of fused-ring (bicyclic) bond motifs is 6. The summed E-state index contributed by atoms with van der Waals surface area (Å²) in [5, 5.41) is 4.17. The molecule has 8 aliphatic rings. The fraction of sp³-hybridized carbons (Fsp3) is 0.158. The zero-order valence-corrected chi connectivity index (χ0v) is 67.6. The van der Waals surface area contributed by atoms with Crippen molar-refractivity contribution in [3.63, 3.8) is 0 Å². The average Bonchev–Trinajstić information content (AvgIpc) is 0.676. The van der Waals surface area contributed by atoms with Crippen molar-refractivity contribution in [1.82, 2.24) is 9.80 Å². The van der Waals surface area contributed by atoms with Gasteiger partial charge in [-0.25, -0.2) is 0 Å². The van der Waals surface area contributed by atoms with Gasteiger partial charge in [-0.2, -0.15) is 0 Å². The Bertz CT molecular complexity index is 4190. The van der Waals surface area contributed by atoms with E-state index in [1.807, 2.05) is 255 Å². The lowest BCUT2D eigenvalue weighted by Crippen LogP contribution is -2.93. The third-order valence-electron chi connectivity index (χ3n) is 19.5. The van der Waals surface area contributed by atoms with Crippen molar-refractivity contribution in [3.05, 3.63) is 327 Å². The Morgan fingerprint density at radius 1 is 0.288 bits per heavy atom. The standard InChI is InChI=1S/C76H78N2O16Si10/c1-5-53-77-59-65-57-63(47-49-75(65)79-61-77)51-55-95(3)81-97(67-31-15-7-16-32-67)85-101(71-39-23-11-24-40-71)89-99(69-35-19-9-20-36-69)83-96(4,56-52-64-48-50-76-66(58-64)60-78(54-6-2)62-80-76)84-100(70-37-21-10-22-38-70)91-103(93-101,73-43-27-13-28-44-73)87-98(82-95,68-33-17-8-18-34-68)88-104(92-100,74-45-29-14-30-46-74)94-102(86-97,90-99)72-41-25-12-26-42-72/h5-50,57-58H,1-2,51-56,59-62H2,3-4H3. The maximum atomic E-state index is 8.81. The van der Waals surface area contributed by atoms with Crippen LogP contribution in [0.3, 0.4) is 0 Å². The van der Waals surface area contributed by atoms with Gasteiger partial charge in [-0.05, 0) is 61.3 Å². The van der Waals surface area contributed by atoms with E-state index in [1.54, 1.807) is 0 Å². The summed E-state index contributed by atoms with van der Waals surface area (Å²) in [5.74, 6) is 1.66. The van der Waals surface area contributed by atoms with Gasteiger partial charge < -0.3 is 67.1 Å². The number of rotatable bonds is 18. The molecule has 10 aromatic carbocycles. The van der Waals surface area contributed by atoms with E-state index in [-0.39, 0.29) is 12.1 Å². The Morgan fingerprint density at radius 3 is 0.712 bits per heavy atom. The number of nitrogens with zero attached hydrogens (tertiary/aromatic N) is 2. The van der Waals surface area contributed by atoms with Gasteiger partial charge in [0.2, 0.25) is 0 Å². The third kappa shape index (κ3) is 13.3. The van der Waals surface area contributed by atoms with E-state index in [9.17, 15) is 0 Å². The normalized spacial score (nSPS) is 30.9. The molecule has 8 aliphatic heterocycles. The summed E-state index contributed by atoms with van der Waals surface area (Å²) in [6.45, 7) is 15.8. The van der Waals surface area contributed by atoms with Crippen LogP contribution in [0.25, 0.3) is 0 Å². The average molecular weight is 1560 g/mol. The molecule has 528 valence electrons. The lowest BCUT2D eigenvalue weighted by Gasteiger charge is -2.61. The Labute approximate surface area is 617 Å². The number of ether oxygens (including phenoxy) is 2. The summed E-state index contributed by atoms with van der Waals surface area (Å²) in [5.41, 5.74) is 4.14. The SMILES string of the molecule is C=CCN1COc2ccc(CC[Si]3(C)O[Si]4(c5ccccc5)O[Si]5(c6ccccc6)O[Si]6(c7ccccc7)O[Si](C)(CCc7ccc8c(c7)CN(CC=C)CO8)O[Si]7(c8ccccc8)O[Si](c8ccccc8)(O[Si](c8ccccc8)(O3)O[Si](c3ccccc3)(O7)O[Si](c3ccccc3)(O4)O6)O5)cc2C1. The van der Waals surface area contributed by atoms with E-state index < -0.39 is 87.6 Å². The zero-order valence-electron chi connectivity index (χ0n) is 57.6. The molecule has 6 saturated heterocycles. The van der Waals surface area contributed by atoms with Crippen molar-refractivity contribution in [3.8, 4) is 11.5 Å². The summed E-state index contributed by atoms with van der Waals surface area (Å²) in [4.78, 5) is 4.42. The molecule has 0 N–H and O–H groups in total. The number of benzene rings is 10. The van der Waals surface area contributed by atoms with Gasteiger partial charge in [0.25, 0.3) is 0 Å². The van der Waals surface area contributed by atoms with Crippen molar-refractivity contribution < 1.29 is 67.1 Å². The summed E-state index contributed by atoms with van der Waals surface area (Å²) in [6, 6.07) is 92.0. The smallest absolute Gasteiger partial charge is 0.478 e. The van der Waals surface area contributed by atoms with Crippen LogP contribution in [0, 0.1) is 0 Å². The molecule has 10 aromatic rings. The topological polar surface area (TPSA) is 154 Å². The minimum absolute atomic E-state index is 0.280. The molecule has 28 heteroatoms. The maximum absolute atomic E-state index is 8.81. The van der Waals surface area contributed by atoms with Crippen LogP contribution in [0.15, 0.2) is 304 Å². The van der Waals surface area contributed by atoms with Crippen molar-refractivity contribution >= 4 is 129 Å². The van der Waals surface area contributed by atoms with E-state index in [4.69, 9.17) is 67.1 Å². The fourth-order valence-electron chi connectivity index (χ4n) is 14.5. The van der Waals surface area contributed by atoms with Crippen LogP contribution >= 0.6 is 0 Å². The molecule has 18 rings (SSSR count). The Balaban J connectivity index is 1.02. The lowest BCUT2D eigenvalue weighted by atomic mass is 10.1. The molecule has 8 bridgehead atoms. The fourth-order valence-corrected chi connectivity index (χ4v) is 71.1. The van der Waals surface area contributed by atoms with Crippen LogP contribution in [-0.2, 0) is 83.5 Å². The van der Waals surface area contributed by atoms with E-state index in [0.717, 1.165) is 33.8 Å². The molecule has 18 nitrogen and oxygen atoms in total. The van der Waals surface area contributed by atoms with Gasteiger partial charge >= 0.3 is 87.6 Å². The maximum Gasteiger partial charge on any atom is 0.515 e. The van der Waals surface area contributed by atoms with Gasteiger partial charge in [-0.1, -0.05) is 279 Å². The first-order valence-electron chi connectivity index (χ1n) is 35.1. The van der Waals surface area contributed by atoms with E-state index >= 15 is 0 Å². The molecule has 0 aromatic heterocycles. The number of hydrogen-bond acceptors (Lipinski definition) is 18. The first-order valence-corrected chi connectivity index (χ1v) is 54.0.